The zero-order valence-corrected chi connectivity index (χ0v) is 12.7. The van der Waals surface area contributed by atoms with Crippen LogP contribution in [-0.2, 0) is 6.42 Å². The standard InChI is InChI=1S/C18H22N2O/c1-3-20-18(13(2)14-6-9-19-10-7-14)16-4-5-17-15(12-16)8-11-21-17/h4-7,9-10,12-13,18,20H,3,8,11H2,1-2H3. The number of pyridine rings is 1. The van der Waals surface area contributed by atoms with Gasteiger partial charge in [0.25, 0.3) is 0 Å². The van der Waals surface area contributed by atoms with Gasteiger partial charge in [0, 0.05) is 30.8 Å². The first-order valence-electron chi connectivity index (χ1n) is 7.68. The molecular weight excluding hydrogens is 260 g/mol. The van der Waals surface area contributed by atoms with Gasteiger partial charge in [0.15, 0.2) is 0 Å². The number of likely N-dealkylation sites (N-methyl/N-ethyl adjacent to an activating group) is 1. The zero-order valence-electron chi connectivity index (χ0n) is 12.7. The van der Waals surface area contributed by atoms with Crippen LogP contribution in [0.2, 0.25) is 0 Å². The van der Waals surface area contributed by atoms with Crippen molar-refractivity contribution in [1.29, 1.82) is 0 Å². The third-order valence-corrected chi connectivity index (χ3v) is 4.23. The predicted octanol–water partition coefficient (Wildman–Crippen LogP) is 3.47. The summed E-state index contributed by atoms with van der Waals surface area (Å²) in [5.74, 6) is 1.44. The van der Waals surface area contributed by atoms with Gasteiger partial charge < -0.3 is 10.1 Å². The quantitative estimate of drug-likeness (QED) is 0.911. The first-order chi connectivity index (χ1) is 10.3. The summed E-state index contributed by atoms with van der Waals surface area (Å²) < 4.78 is 5.61. The number of aromatic nitrogens is 1. The summed E-state index contributed by atoms with van der Waals surface area (Å²) in [6.07, 6.45) is 4.75. The van der Waals surface area contributed by atoms with Gasteiger partial charge in [-0.1, -0.05) is 26.0 Å². The van der Waals surface area contributed by atoms with Crippen LogP contribution in [-0.4, -0.2) is 18.1 Å². The summed E-state index contributed by atoms with van der Waals surface area (Å²) in [7, 11) is 0. The Morgan fingerprint density at radius 3 is 2.76 bits per heavy atom. The maximum Gasteiger partial charge on any atom is 0.122 e. The molecule has 1 N–H and O–H groups in total. The predicted molar refractivity (Wildman–Crippen MR) is 84.7 cm³/mol. The van der Waals surface area contributed by atoms with Crippen LogP contribution in [0.25, 0.3) is 0 Å². The first-order valence-corrected chi connectivity index (χ1v) is 7.68. The molecule has 0 amide bonds. The minimum absolute atomic E-state index is 0.309. The normalized spacial score (nSPS) is 16.1. The van der Waals surface area contributed by atoms with Gasteiger partial charge in [-0.05, 0) is 41.4 Å². The smallest absolute Gasteiger partial charge is 0.122 e. The lowest BCUT2D eigenvalue weighted by Gasteiger charge is -2.26. The third-order valence-electron chi connectivity index (χ3n) is 4.23. The molecule has 3 nitrogen and oxygen atoms in total. The Morgan fingerprint density at radius 2 is 2.00 bits per heavy atom. The average Bonchev–Trinajstić information content (AvgIpc) is 3.00. The van der Waals surface area contributed by atoms with Gasteiger partial charge in [0.2, 0.25) is 0 Å². The van der Waals surface area contributed by atoms with E-state index in [2.05, 4.69) is 54.5 Å². The van der Waals surface area contributed by atoms with Crippen LogP contribution >= 0.6 is 0 Å². The average molecular weight is 282 g/mol. The Labute approximate surface area is 126 Å². The fraction of sp³-hybridized carbons (Fsp3) is 0.389. The molecule has 21 heavy (non-hydrogen) atoms. The highest BCUT2D eigenvalue weighted by atomic mass is 16.5. The number of benzene rings is 1. The lowest BCUT2D eigenvalue weighted by atomic mass is 9.88. The molecule has 1 aromatic carbocycles. The van der Waals surface area contributed by atoms with E-state index in [0.717, 1.165) is 25.3 Å². The molecule has 3 rings (SSSR count). The van der Waals surface area contributed by atoms with Gasteiger partial charge in [-0.15, -0.1) is 0 Å². The van der Waals surface area contributed by atoms with Gasteiger partial charge in [-0.3, -0.25) is 4.98 Å². The van der Waals surface area contributed by atoms with E-state index >= 15 is 0 Å². The summed E-state index contributed by atoms with van der Waals surface area (Å²) in [4.78, 5) is 4.12. The fourth-order valence-electron chi connectivity index (χ4n) is 3.06. The van der Waals surface area contributed by atoms with Crippen LogP contribution in [0, 0.1) is 0 Å². The molecule has 1 aromatic heterocycles. The second-order valence-corrected chi connectivity index (χ2v) is 5.57. The molecule has 0 saturated carbocycles. The minimum Gasteiger partial charge on any atom is -0.493 e. The Bertz CT molecular complexity index is 597. The van der Waals surface area contributed by atoms with Crippen molar-refractivity contribution >= 4 is 0 Å². The highest BCUT2D eigenvalue weighted by Gasteiger charge is 2.22. The molecule has 2 aromatic rings. The minimum atomic E-state index is 0.309. The molecule has 2 unspecified atom stereocenters. The summed E-state index contributed by atoms with van der Waals surface area (Å²) >= 11 is 0. The first kappa shape index (κ1) is 14.1. The van der Waals surface area contributed by atoms with E-state index in [9.17, 15) is 0 Å². The SMILES string of the molecule is CCNC(c1ccc2c(c1)CCO2)C(C)c1ccncc1. The van der Waals surface area contributed by atoms with Crippen molar-refractivity contribution in [3.05, 3.63) is 59.4 Å². The molecule has 1 aliphatic heterocycles. The highest BCUT2D eigenvalue weighted by molar-refractivity contribution is 5.41. The van der Waals surface area contributed by atoms with Gasteiger partial charge in [-0.2, -0.15) is 0 Å². The van der Waals surface area contributed by atoms with E-state index in [0.29, 0.717) is 12.0 Å². The van der Waals surface area contributed by atoms with Crippen LogP contribution in [0.5, 0.6) is 5.75 Å². The van der Waals surface area contributed by atoms with Crippen molar-refractivity contribution in [1.82, 2.24) is 10.3 Å². The summed E-state index contributed by atoms with van der Waals surface area (Å²) in [5.41, 5.74) is 3.98. The number of hydrogen-bond donors (Lipinski definition) is 1. The molecule has 0 radical (unpaired) electrons. The molecule has 0 saturated heterocycles. The van der Waals surface area contributed by atoms with Crippen molar-refractivity contribution in [2.75, 3.05) is 13.2 Å². The molecule has 3 heteroatoms. The maximum atomic E-state index is 5.61. The Kier molecular flexibility index (Phi) is 4.20. The second-order valence-electron chi connectivity index (χ2n) is 5.57. The van der Waals surface area contributed by atoms with Crippen LogP contribution in [0.1, 0.15) is 42.5 Å². The number of nitrogens with one attached hydrogen (secondary N) is 1. The number of hydrogen-bond acceptors (Lipinski definition) is 3. The number of ether oxygens (including phenoxy) is 1. The van der Waals surface area contributed by atoms with Crippen LogP contribution in [0.15, 0.2) is 42.7 Å². The topological polar surface area (TPSA) is 34.1 Å². The van der Waals surface area contributed by atoms with Crippen molar-refractivity contribution in [2.45, 2.75) is 32.2 Å². The number of nitrogens with zero attached hydrogens (tertiary/aromatic N) is 1. The molecule has 2 atom stereocenters. The fourth-order valence-corrected chi connectivity index (χ4v) is 3.06. The Hall–Kier alpha value is -1.87. The van der Waals surface area contributed by atoms with Crippen molar-refractivity contribution in [3.8, 4) is 5.75 Å². The molecular formula is C18H22N2O. The van der Waals surface area contributed by atoms with Gasteiger partial charge in [0.1, 0.15) is 5.75 Å². The molecule has 0 bridgehead atoms. The molecule has 110 valence electrons. The van der Waals surface area contributed by atoms with E-state index in [-0.39, 0.29) is 0 Å². The molecule has 1 aliphatic rings. The molecule has 0 fully saturated rings. The van der Waals surface area contributed by atoms with E-state index < -0.39 is 0 Å². The second kappa shape index (κ2) is 6.27. The van der Waals surface area contributed by atoms with Gasteiger partial charge in [-0.25, -0.2) is 0 Å². The van der Waals surface area contributed by atoms with E-state index in [4.69, 9.17) is 4.74 Å². The summed E-state index contributed by atoms with van der Waals surface area (Å²) in [5, 5.41) is 3.63. The third kappa shape index (κ3) is 2.93. The number of rotatable bonds is 5. The van der Waals surface area contributed by atoms with Gasteiger partial charge >= 0.3 is 0 Å². The van der Waals surface area contributed by atoms with Crippen molar-refractivity contribution in [2.24, 2.45) is 0 Å². The number of fused-ring (bicyclic) bond motifs is 1. The van der Waals surface area contributed by atoms with E-state index in [1.807, 2.05) is 12.4 Å². The Morgan fingerprint density at radius 1 is 1.19 bits per heavy atom. The highest BCUT2D eigenvalue weighted by Crippen LogP contribution is 2.34. The van der Waals surface area contributed by atoms with Crippen molar-refractivity contribution < 1.29 is 4.74 Å². The van der Waals surface area contributed by atoms with E-state index in [1.165, 1.54) is 16.7 Å². The lowest BCUT2D eigenvalue weighted by molar-refractivity contribution is 0.356. The van der Waals surface area contributed by atoms with Crippen LogP contribution < -0.4 is 10.1 Å². The Balaban J connectivity index is 1.90. The molecule has 0 spiro atoms. The largest absolute Gasteiger partial charge is 0.493 e. The lowest BCUT2D eigenvalue weighted by Crippen LogP contribution is -2.25. The van der Waals surface area contributed by atoms with Crippen molar-refractivity contribution in [3.63, 3.8) is 0 Å². The maximum absolute atomic E-state index is 5.61. The molecule has 2 heterocycles. The van der Waals surface area contributed by atoms with Crippen LogP contribution in [0.4, 0.5) is 0 Å². The van der Waals surface area contributed by atoms with E-state index in [1.54, 1.807) is 0 Å². The zero-order chi connectivity index (χ0) is 14.7. The van der Waals surface area contributed by atoms with Gasteiger partial charge in [0.05, 0.1) is 6.61 Å². The monoisotopic (exact) mass is 282 g/mol. The van der Waals surface area contributed by atoms with Crippen LogP contribution in [0.3, 0.4) is 0 Å². The molecule has 0 aliphatic carbocycles. The summed E-state index contributed by atoms with van der Waals surface area (Å²) in [6, 6.07) is 11.1. The summed E-state index contributed by atoms with van der Waals surface area (Å²) in [6.45, 7) is 6.19.